The lowest BCUT2D eigenvalue weighted by Crippen LogP contribution is -2.36. The van der Waals surface area contributed by atoms with E-state index in [0.717, 1.165) is 30.4 Å². The molecule has 0 spiro atoms. The molecule has 1 fully saturated rings. The predicted octanol–water partition coefficient (Wildman–Crippen LogP) is 1.57. The van der Waals surface area contributed by atoms with Crippen molar-refractivity contribution in [3.63, 3.8) is 0 Å². The van der Waals surface area contributed by atoms with Gasteiger partial charge in [-0.25, -0.2) is 14.6 Å². The number of carbonyl (C=O) groups excluding carboxylic acids is 1. The average Bonchev–Trinajstić information content (AvgIpc) is 2.93. The summed E-state index contributed by atoms with van der Waals surface area (Å²) in [6, 6.07) is 0. The van der Waals surface area contributed by atoms with Crippen LogP contribution in [-0.4, -0.2) is 44.0 Å². The quantitative estimate of drug-likeness (QED) is 0.624. The molecule has 3 heterocycles. The van der Waals surface area contributed by atoms with E-state index < -0.39 is 0 Å². The third-order valence-corrected chi connectivity index (χ3v) is 3.63. The molecule has 2 aromatic heterocycles. The summed E-state index contributed by atoms with van der Waals surface area (Å²) < 4.78 is 1.86. The number of hydrogen-bond acceptors (Lipinski definition) is 5. The van der Waals surface area contributed by atoms with Crippen molar-refractivity contribution in [3.05, 3.63) is 30.9 Å². The summed E-state index contributed by atoms with van der Waals surface area (Å²) in [5, 5.41) is 5.34. The van der Waals surface area contributed by atoms with Gasteiger partial charge < -0.3 is 0 Å². The van der Waals surface area contributed by atoms with Crippen LogP contribution in [0.25, 0.3) is 11.0 Å². The Hall–Kier alpha value is -2.08. The smallest absolute Gasteiger partial charge is 0.163 e. The zero-order chi connectivity index (χ0) is 13.8. The largest absolute Gasteiger partial charge is 0.299 e. The highest BCUT2D eigenvalue weighted by Gasteiger charge is 2.22. The number of aromatic nitrogens is 4. The molecule has 1 saturated heterocycles. The second-order valence-corrected chi connectivity index (χ2v) is 4.92. The highest BCUT2D eigenvalue weighted by molar-refractivity contribution is 5.73. The molecule has 0 N–H and O–H groups in total. The van der Waals surface area contributed by atoms with Crippen LogP contribution in [0, 0.1) is 0 Å². The van der Waals surface area contributed by atoms with E-state index in [9.17, 15) is 4.79 Å². The van der Waals surface area contributed by atoms with E-state index >= 15 is 0 Å². The number of rotatable bonds is 4. The molecule has 104 valence electrons. The van der Waals surface area contributed by atoms with Crippen LogP contribution < -0.4 is 0 Å². The molecular formula is C14H17N5O. The molecule has 20 heavy (non-hydrogen) atoms. The lowest BCUT2D eigenvalue weighted by molar-refractivity contribution is -0.104. The highest BCUT2D eigenvalue weighted by atomic mass is 16.1. The van der Waals surface area contributed by atoms with E-state index in [1.807, 2.05) is 10.8 Å². The second kappa shape index (κ2) is 5.92. The zero-order valence-electron chi connectivity index (χ0n) is 11.2. The van der Waals surface area contributed by atoms with Gasteiger partial charge in [-0.05, 0) is 25.0 Å². The zero-order valence-corrected chi connectivity index (χ0v) is 11.2. The first-order valence-electron chi connectivity index (χ1n) is 6.89. The lowest BCUT2D eigenvalue weighted by atomic mass is 10.1. The number of aldehydes is 1. The summed E-state index contributed by atoms with van der Waals surface area (Å²) in [5.74, 6) is 0. The molecule has 0 aromatic carbocycles. The summed E-state index contributed by atoms with van der Waals surface area (Å²) in [5.41, 5.74) is 0.797. The van der Waals surface area contributed by atoms with E-state index in [0.29, 0.717) is 0 Å². The van der Waals surface area contributed by atoms with Crippen LogP contribution >= 0.6 is 0 Å². The average molecular weight is 271 g/mol. The first-order chi connectivity index (χ1) is 9.90. The van der Waals surface area contributed by atoms with Crippen molar-refractivity contribution >= 4 is 17.3 Å². The Morgan fingerprint density at radius 3 is 2.85 bits per heavy atom. The first kappa shape index (κ1) is 12.9. The molecule has 6 nitrogen and oxygen atoms in total. The predicted molar refractivity (Wildman–Crippen MR) is 75.0 cm³/mol. The van der Waals surface area contributed by atoms with E-state index in [-0.39, 0.29) is 6.17 Å². The molecule has 1 unspecified atom stereocenters. The van der Waals surface area contributed by atoms with Crippen molar-refractivity contribution in [1.82, 2.24) is 24.6 Å². The van der Waals surface area contributed by atoms with Crippen LogP contribution in [0.1, 0.15) is 25.4 Å². The van der Waals surface area contributed by atoms with Gasteiger partial charge in [-0.2, -0.15) is 5.10 Å². The minimum atomic E-state index is -0.0621. The van der Waals surface area contributed by atoms with Gasteiger partial charge >= 0.3 is 0 Å². The number of nitrogens with zero attached hydrogens (tertiary/aromatic N) is 5. The van der Waals surface area contributed by atoms with Gasteiger partial charge in [0.1, 0.15) is 18.8 Å². The van der Waals surface area contributed by atoms with Crippen LogP contribution in [-0.2, 0) is 4.79 Å². The molecular weight excluding hydrogens is 254 g/mol. The second-order valence-electron chi connectivity index (χ2n) is 4.92. The molecule has 2 aromatic rings. The Kier molecular flexibility index (Phi) is 3.83. The highest BCUT2D eigenvalue weighted by Crippen LogP contribution is 2.23. The summed E-state index contributed by atoms with van der Waals surface area (Å²) in [6.07, 6.45) is 12.8. The topological polar surface area (TPSA) is 63.9 Å². The molecule has 0 bridgehead atoms. The first-order valence-corrected chi connectivity index (χ1v) is 6.89. The fourth-order valence-electron chi connectivity index (χ4n) is 2.67. The molecule has 0 amide bonds. The van der Waals surface area contributed by atoms with Gasteiger partial charge in [0.2, 0.25) is 0 Å². The number of piperidine rings is 1. The normalized spacial score (nSPS) is 18.6. The Morgan fingerprint density at radius 1 is 1.20 bits per heavy atom. The molecule has 3 rings (SSSR count). The van der Waals surface area contributed by atoms with Gasteiger partial charge in [-0.3, -0.25) is 9.69 Å². The number of allylic oxidation sites excluding steroid dienone is 1. The van der Waals surface area contributed by atoms with Crippen LogP contribution in [0.4, 0.5) is 0 Å². The Balaban J connectivity index is 1.99. The van der Waals surface area contributed by atoms with Crippen molar-refractivity contribution in [2.24, 2.45) is 0 Å². The third-order valence-electron chi connectivity index (χ3n) is 3.63. The standard InChI is InChI=1S/C14H17N5O/c20-8-4-5-13(18-6-2-1-3-7-18)19-14-12(10-17-19)9-15-11-16-14/h4-5,8-11,13H,1-3,6-7H2. The van der Waals surface area contributed by atoms with Crippen molar-refractivity contribution < 1.29 is 4.79 Å². The molecule has 1 atom stereocenters. The maximum atomic E-state index is 10.7. The Bertz CT molecular complexity index is 615. The van der Waals surface area contributed by atoms with Gasteiger partial charge in [-0.15, -0.1) is 0 Å². The number of likely N-dealkylation sites (tertiary alicyclic amines) is 1. The Morgan fingerprint density at radius 2 is 2.05 bits per heavy atom. The lowest BCUT2D eigenvalue weighted by Gasteiger charge is -2.32. The van der Waals surface area contributed by atoms with Gasteiger partial charge in [0.05, 0.1) is 11.6 Å². The van der Waals surface area contributed by atoms with Crippen LogP contribution in [0.2, 0.25) is 0 Å². The maximum absolute atomic E-state index is 10.7. The number of fused-ring (bicyclic) bond motifs is 1. The van der Waals surface area contributed by atoms with Gasteiger partial charge in [0.25, 0.3) is 0 Å². The van der Waals surface area contributed by atoms with E-state index in [1.54, 1.807) is 12.4 Å². The molecule has 0 aliphatic carbocycles. The molecule has 1 aliphatic heterocycles. The van der Waals surface area contributed by atoms with E-state index in [1.165, 1.54) is 31.7 Å². The molecule has 1 aliphatic rings. The van der Waals surface area contributed by atoms with E-state index in [4.69, 9.17) is 0 Å². The van der Waals surface area contributed by atoms with Crippen LogP contribution in [0.3, 0.4) is 0 Å². The summed E-state index contributed by atoms with van der Waals surface area (Å²) >= 11 is 0. The fraction of sp³-hybridized carbons (Fsp3) is 0.429. The monoisotopic (exact) mass is 271 g/mol. The summed E-state index contributed by atoms with van der Waals surface area (Å²) in [6.45, 7) is 2.03. The van der Waals surface area contributed by atoms with Crippen molar-refractivity contribution in [1.29, 1.82) is 0 Å². The molecule has 6 heteroatoms. The maximum Gasteiger partial charge on any atom is 0.163 e. The van der Waals surface area contributed by atoms with Gasteiger partial charge in [-0.1, -0.05) is 6.42 Å². The van der Waals surface area contributed by atoms with E-state index in [2.05, 4.69) is 20.0 Å². The van der Waals surface area contributed by atoms with Crippen molar-refractivity contribution in [2.75, 3.05) is 13.1 Å². The summed E-state index contributed by atoms with van der Waals surface area (Å²) in [4.78, 5) is 21.3. The number of carbonyl (C=O) groups is 1. The fourth-order valence-corrected chi connectivity index (χ4v) is 2.67. The van der Waals surface area contributed by atoms with Gasteiger partial charge in [0, 0.05) is 19.3 Å². The molecule has 0 radical (unpaired) electrons. The van der Waals surface area contributed by atoms with Crippen LogP contribution in [0.15, 0.2) is 30.9 Å². The van der Waals surface area contributed by atoms with Gasteiger partial charge in [0.15, 0.2) is 5.65 Å². The SMILES string of the molecule is O=CC=CC(N1CCCCC1)n1ncc2cncnc21. The minimum Gasteiger partial charge on any atom is -0.299 e. The Labute approximate surface area is 117 Å². The summed E-state index contributed by atoms with van der Waals surface area (Å²) in [7, 11) is 0. The van der Waals surface area contributed by atoms with Crippen LogP contribution in [0.5, 0.6) is 0 Å². The molecule has 0 saturated carbocycles. The van der Waals surface area contributed by atoms with Crippen molar-refractivity contribution in [2.45, 2.75) is 25.4 Å². The van der Waals surface area contributed by atoms with Crippen molar-refractivity contribution in [3.8, 4) is 0 Å². The third kappa shape index (κ3) is 2.46. The minimum absolute atomic E-state index is 0.0621. The number of hydrogen-bond donors (Lipinski definition) is 0.